The van der Waals surface area contributed by atoms with Crippen LogP contribution in [0.3, 0.4) is 0 Å². The molecule has 1 heterocycles. The summed E-state index contributed by atoms with van der Waals surface area (Å²) in [5.74, 6) is -0.432. The Balaban J connectivity index is 1.13. The molecule has 4 aromatic carbocycles. The van der Waals surface area contributed by atoms with E-state index in [1.54, 1.807) is 29.2 Å². The Bertz CT molecular complexity index is 1760. The van der Waals surface area contributed by atoms with Crippen LogP contribution in [0.2, 0.25) is 5.02 Å². The Labute approximate surface area is 309 Å². The van der Waals surface area contributed by atoms with Crippen molar-refractivity contribution in [3.63, 3.8) is 0 Å². The molecule has 1 amide bonds. The van der Waals surface area contributed by atoms with E-state index in [0.29, 0.717) is 35.9 Å². The van der Waals surface area contributed by atoms with Crippen molar-refractivity contribution in [2.75, 3.05) is 12.3 Å². The largest absolute Gasteiger partial charge is 0.480 e. The van der Waals surface area contributed by atoms with Crippen LogP contribution in [0, 0.1) is 0 Å². The van der Waals surface area contributed by atoms with Crippen LogP contribution in [-0.2, 0) is 34.0 Å². The number of aromatic nitrogens is 1. The van der Waals surface area contributed by atoms with E-state index >= 15 is 0 Å². The molecule has 0 saturated heterocycles. The maximum absolute atomic E-state index is 12.7. The number of hydrogen-bond donors (Lipinski definition) is 3. The molecule has 0 aliphatic carbocycles. The normalized spacial score (nSPS) is 12.2. The molecule has 1 aromatic heterocycles. The number of aliphatic carboxylic acids is 1. The molecule has 0 spiro atoms. The van der Waals surface area contributed by atoms with Gasteiger partial charge in [-0.1, -0.05) is 133 Å². The Morgan fingerprint density at radius 3 is 1.92 bits per heavy atom. The number of benzene rings is 4. The van der Waals surface area contributed by atoms with E-state index in [-0.39, 0.29) is 25.4 Å². The molecule has 7 nitrogen and oxygen atoms in total. The summed E-state index contributed by atoms with van der Waals surface area (Å²) >= 11 is 7.85. The number of aliphatic hydroxyl groups is 1. The predicted molar refractivity (Wildman–Crippen MR) is 205 cm³/mol. The fraction of sp³-hybridized carbons (Fsp3) is 0.214. The van der Waals surface area contributed by atoms with Gasteiger partial charge in [0.25, 0.3) is 0 Å². The van der Waals surface area contributed by atoms with Crippen LogP contribution in [0.4, 0.5) is 0 Å². The van der Waals surface area contributed by atoms with Crippen molar-refractivity contribution in [3.8, 4) is 0 Å². The summed E-state index contributed by atoms with van der Waals surface area (Å²) in [6.07, 6.45) is 3.35. The first-order valence-corrected chi connectivity index (χ1v) is 18.2. The highest BCUT2D eigenvalue weighted by Gasteiger charge is 2.36. The van der Waals surface area contributed by atoms with Gasteiger partial charge in [-0.2, -0.15) is 0 Å². The Morgan fingerprint density at radius 1 is 0.784 bits per heavy atom. The number of carbonyl (C=O) groups excluding carboxylic acids is 1. The number of thioether (sulfide) groups is 1. The van der Waals surface area contributed by atoms with Crippen LogP contribution < -0.4 is 5.32 Å². The van der Waals surface area contributed by atoms with Crippen LogP contribution in [0.25, 0.3) is 0 Å². The number of nitrogens with one attached hydrogen (secondary N) is 1. The average molecular weight is 720 g/mol. The van der Waals surface area contributed by atoms with Gasteiger partial charge >= 0.3 is 5.97 Å². The van der Waals surface area contributed by atoms with E-state index in [0.717, 1.165) is 11.3 Å². The van der Waals surface area contributed by atoms with Gasteiger partial charge < -0.3 is 15.5 Å². The highest BCUT2D eigenvalue weighted by molar-refractivity contribution is 8.00. The quantitative estimate of drug-likeness (QED) is 0.0482. The van der Waals surface area contributed by atoms with Gasteiger partial charge in [-0.3, -0.25) is 19.5 Å². The van der Waals surface area contributed by atoms with Gasteiger partial charge in [-0.05, 0) is 58.7 Å². The summed E-state index contributed by atoms with van der Waals surface area (Å²) in [5.41, 5.74) is 5.86. The maximum Gasteiger partial charge on any atom is 0.317 e. The van der Waals surface area contributed by atoms with E-state index < -0.39 is 16.8 Å². The predicted octanol–water partition coefficient (Wildman–Crippen LogP) is 7.86. The lowest BCUT2D eigenvalue weighted by Gasteiger charge is -2.35. The summed E-state index contributed by atoms with van der Waals surface area (Å²) in [7, 11) is 0. The lowest BCUT2D eigenvalue weighted by atomic mass is 9.84. The SMILES string of the molecule is O=C(O)CN(Cc1ccc(Cl)cc1)Cc1cccc(CNC(=O)C[C@H](O)/C=C/CCSC(c2ccccc2)(c2ccccc2)c2ccccc2)n1. The van der Waals surface area contributed by atoms with Crippen LogP contribution in [-0.4, -0.2) is 50.4 Å². The van der Waals surface area contributed by atoms with E-state index in [1.807, 2.05) is 60.3 Å². The lowest BCUT2D eigenvalue weighted by Crippen LogP contribution is -2.30. The number of rotatable bonds is 18. The second kappa shape index (κ2) is 19.0. The number of pyridine rings is 1. The van der Waals surface area contributed by atoms with Crippen LogP contribution >= 0.6 is 23.4 Å². The summed E-state index contributed by atoms with van der Waals surface area (Å²) in [6, 6.07) is 44.4. The van der Waals surface area contributed by atoms with Gasteiger partial charge in [0.15, 0.2) is 0 Å². The van der Waals surface area contributed by atoms with Crippen LogP contribution in [0.5, 0.6) is 0 Å². The van der Waals surface area contributed by atoms with Crippen LogP contribution in [0.15, 0.2) is 146 Å². The first-order chi connectivity index (χ1) is 24.8. The molecule has 0 radical (unpaired) electrons. The van der Waals surface area contributed by atoms with Crippen molar-refractivity contribution in [2.45, 2.75) is 43.3 Å². The minimum atomic E-state index is -0.932. The molecular formula is C42H42ClN3O4S. The maximum atomic E-state index is 12.7. The summed E-state index contributed by atoms with van der Waals surface area (Å²) in [6.45, 7) is 0.783. The van der Waals surface area contributed by atoms with E-state index in [1.165, 1.54) is 16.7 Å². The minimum absolute atomic E-state index is 0.0706. The smallest absolute Gasteiger partial charge is 0.317 e. The summed E-state index contributed by atoms with van der Waals surface area (Å²) in [5, 5.41) is 23.5. The first-order valence-electron chi connectivity index (χ1n) is 16.9. The number of halogens is 1. The van der Waals surface area contributed by atoms with Crippen molar-refractivity contribution in [1.82, 2.24) is 15.2 Å². The Kier molecular flexibility index (Phi) is 14.0. The number of amides is 1. The third-order valence-corrected chi connectivity index (χ3v) is 10.1. The van der Waals surface area contributed by atoms with Gasteiger partial charge in [0.05, 0.1) is 41.7 Å². The molecule has 5 rings (SSSR count). The molecule has 0 unspecified atom stereocenters. The molecule has 5 aromatic rings. The molecule has 1 atom stereocenters. The van der Waals surface area contributed by atoms with Crippen molar-refractivity contribution < 1.29 is 19.8 Å². The Morgan fingerprint density at radius 2 is 1.35 bits per heavy atom. The zero-order valence-electron chi connectivity index (χ0n) is 28.3. The van der Waals surface area contributed by atoms with Crippen molar-refractivity contribution in [3.05, 3.63) is 184 Å². The monoisotopic (exact) mass is 719 g/mol. The number of hydrogen-bond acceptors (Lipinski definition) is 6. The topological polar surface area (TPSA) is 103 Å². The molecule has 0 aliphatic rings. The molecule has 51 heavy (non-hydrogen) atoms. The zero-order valence-corrected chi connectivity index (χ0v) is 29.8. The van der Waals surface area contributed by atoms with Gasteiger partial charge in [0, 0.05) is 18.1 Å². The molecule has 3 N–H and O–H groups in total. The third-order valence-electron chi connectivity index (χ3n) is 8.29. The Hall–Kier alpha value is -4.73. The molecular weight excluding hydrogens is 678 g/mol. The van der Waals surface area contributed by atoms with E-state index in [4.69, 9.17) is 11.6 Å². The van der Waals surface area contributed by atoms with Crippen molar-refractivity contribution >= 4 is 35.2 Å². The first kappa shape index (κ1) is 37.5. The number of carboxylic acid groups (broad SMARTS) is 1. The van der Waals surface area contributed by atoms with Crippen molar-refractivity contribution in [1.29, 1.82) is 0 Å². The van der Waals surface area contributed by atoms with Crippen LogP contribution in [0.1, 0.15) is 46.5 Å². The number of aliphatic hydroxyl groups excluding tert-OH is 1. The number of carboxylic acids is 1. The molecule has 262 valence electrons. The molecule has 0 saturated carbocycles. The van der Waals surface area contributed by atoms with Gasteiger partial charge in [-0.25, -0.2) is 0 Å². The number of allylic oxidation sites excluding steroid dienone is 1. The van der Waals surface area contributed by atoms with Gasteiger partial charge in [0.2, 0.25) is 5.91 Å². The second-order valence-corrected chi connectivity index (χ2v) is 13.9. The molecule has 0 fully saturated rings. The summed E-state index contributed by atoms with van der Waals surface area (Å²) < 4.78 is -0.410. The molecule has 0 bridgehead atoms. The van der Waals surface area contributed by atoms with Gasteiger partial charge in [0.1, 0.15) is 0 Å². The second-order valence-electron chi connectivity index (χ2n) is 12.2. The number of nitrogens with zero attached hydrogens (tertiary/aromatic N) is 2. The number of carbonyl (C=O) groups is 2. The highest BCUT2D eigenvalue weighted by atomic mass is 35.5. The lowest BCUT2D eigenvalue weighted by molar-refractivity contribution is -0.138. The molecule has 0 aliphatic heterocycles. The third kappa shape index (κ3) is 11.1. The van der Waals surface area contributed by atoms with Gasteiger partial charge in [-0.15, -0.1) is 11.8 Å². The van der Waals surface area contributed by atoms with E-state index in [2.05, 4.69) is 83.1 Å². The fourth-order valence-corrected chi connectivity index (χ4v) is 7.57. The standard InChI is InChI=1S/C42H42ClN3O4S/c43-36-24-22-32(23-25-36)29-46(31-41(49)50)30-38-20-12-19-37(45-38)28-44-40(48)27-39(47)21-10-11-26-51-42(33-13-4-1-5-14-33,34-15-6-2-7-16-34)35-17-8-3-9-18-35/h1-10,12-25,39,47H,11,26-31H2,(H,44,48)(H,49,50)/b21-10+/t39-/m1/s1. The molecule has 9 heteroatoms. The van der Waals surface area contributed by atoms with E-state index in [9.17, 15) is 19.8 Å². The zero-order chi connectivity index (χ0) is 35.9. The summed E-state index contributed by atoms with van der Waals surface area (Å²) in [4.78, 5) is 30.6. The highest BCUT2D eigenvalue weighted by Crippen LogP contribution is 2.48. The average Bonchev–Trinajstić information content (AvgIpc) is 3.14. The minimum Gasteiger partial charge on any atom is -0.480 e. The fourth-order valence-electron chi connectivity index (χ4n) is 5.97. The van der Waals surface area contributed by atoms with Crippen molar-refractivity contribution in [2.24, 2.45) is 0 Å².